The van der Waals surface area contributed by atoms with E-state index in [1.54, 1.807) is 12.1 Å². The predicted molar refractivity (Wildman–Crippen MR) is 68.6 cm³/mol. The van der Waals surface area contributed by atoms with Crippen LogP contribution < -0.4 is 5.32 Å². The third kappa shape index (κ3) is 3.27. The molecule has 1 N–H and O–H groups in total. The van der Waals surface area contributed by atoms with Gasteiger partial charge >= 0.3 is 0 Å². The molecule has 16 heavy (non-hydrogen) atoms. The van der Waals surface area contributed by atoms with Crippen molar-refractivity contribution in [3.8, 4) is 0 Å². The Kier molecular flexibility index (Phi) is 4.90. The molecule has 0 aromatic heterocycles. The van der Waals surface area contributed by atoms with Gasteiger partial charge in [-0.3, -0.25) is 4.79 Å². The second kappa shape index (κ2) is 5.76. The number of benzene rings is 1. The van der Waals surface area contributed by atoms with Crippen molar-refractivity contribution in [1.29, 1.82) is 0 Å². The summed E-state index contributed by atoms with van der Waals surface area (Å²) in [5.41, 5.74) is 0.233. The Balaban J connectivity index is 2.95. The van der Waals surface area contributed by atoms with Gasteiger partial charge in [0.25, 0.3) is 5.91 Å². The highest BCUT2D eigenvalue weighted by Crippen LogP contribution is 2.31. The van der Waals surface area contributed by atoms with E-state index in [4.69, 9.17) is 34.8 Å². The smallest absolute Gasteiger partial charge is 0.254 e. The molecule has 2 nitrogen and oxygen atoms in total. The van der Waals surface area contributed by atoms with E-state index in [1.165, 1.54) is 0 Å². The van der Waals surface area contributed by atoms with Gasteiger partial charge in [0.2, 0.25) is 0 Å². The first kappa shape index (κ1) is 13.6. The van der Waals surface area contributed by atoms with E-state index in [1.807, 2.05) is 13.8 Å². The minimum absolute atomic E-state index is 0.190. The lowest BCUT2D eigenvalue weighted by atomic mass is 10.2. The lowest BCUT2D eigenvalue weighted by Crippen LogP contribution is -2.27. The van der Waals surface area contributed by atoms with Gasteiger partial charge < -0.3 is 5.32 Å². The molecule has 0 aliphatic rings. The van der Waals surface area contributed by atoms with Crippen LogP contribution in [0.2, 0.25) is 15.1 Å². The van der Waals surface area contributed by atoms with Gasteiger partial charge in [-0.1, -0.05) is 48.7 Å². The molecule has 5 heteroatoms. The zero-order valence-electron chi connectivity index (χ0n) is 8.98. The summed E-state index contributed by atoms with van der Waals surface area (Å²) in [5, 5.41) is 3.55. The van der Waals surface area contributed by atoms with Crippen LogP contribution in [-0.4, -0.2) is 12.5 Å². The zero-order valence-corrected chi connectivity index (χ0v) is 11.2. The third-order valence-corrected chi connectivity index (χ3v) is 3.06. The average molecular weight is 281 g/mol. The third-order valence-electron chi connectivity index (χ3n) is 1.94. The van der Waals surface area contributed by atoms with Crippen molar-refractivity contribution in [2.75, 3.05) is 6.54 Å². The fourth-order valence-electron chi connectivity index (χ4n) is 1.12. The van der Waals surface area contributed by atoms with Crippen LogP contribution in [0.3, 0.4) is 0 Å². The summed E-state index contributed by atoms with van der Waals surface area (Å²) in [6.07, 6.45) is 0. The molecular weight excluding hydrogens is 268 g/mol. The summed E-state index contributed by atoms with van der Waals surface area (Å²) in [6.45, 7) is 4.57. The molecule has 1 aromatic rings. The number of carbonyl (C=O) groups excluding carboxylic acids is 1. The minimum atomic E-state index is -0.300. The SMILES string of the molecule is CC(C)CNC(=O)c1c(Cl)ccc(Cl)c1Cl. The van der Waals surface area contributed by atoms with Gasteiger partial charge in [-0.2, -0.15) is 0 Å². The number of amides is 1. The number of rotatable bonds is 3. The molecule has 0 aliphatic heterocycles. The fourth-order valence-corrected chi connectivity index (χ4v) is 1.82. The summed E-state index contributed by atoms with van der Waals surface area (Å²) < 4.78 is 0. The molecule has 1 amide bonds. The molecule has 0 spiro atoms. The molecule has 0 saturated carbocycles. The fraction of sp³-hybridized carbons (Fsp3) is 0.364. The van der Waals surface area contributed by atoms with E-state index in [9.17, 15) is 4.79 Å². The molecule has 1 aromatic carbocycles. The first-order chi connectivity index (χ1) is 7.43. The molecule has 0 aliphatic carbocycles. The van der Waals surface area contributed by atoms with Crippen molar-refractivity contribution < 1.29 is 4.79 Å². The average Bonchev–Trinajstić information content (AvgIpc) is 2.21. The summed E-state index contributed by atoms with van der Waals surface area (Å²) >= 11 is 17.7. The van der Waals surface area contributed by atoms with Crippen molar-refractivity contribution in [2.24, 2.45) is 5.92 Å². The number of hydrogen-bond donors (Lipinski definition) is 1. The normalized spacial score (nSPS) is 10.6. The van der Waals surface area contributed by atoms with E-state index in [0.717, 1.165) is 0 Å². The molecule has 0 atom stereocenters. The zero-order chi connectivity index (χ0) is 12.3. The molecule has 1 rings (SSSR count). The topological polar surface area (TPSA) is 29.1 Å². The van der Waals surface area contributed by atoms with E-state index >= 15 is 0 Å². The summed E-state index contributed by atoms with van der Waals surface area (Å²) in [4.78, 5) is 11.8. The number of hydrogen-bond acceptors (Lipinski definition) is 1. The Bertz CT molecular complexity index is 404. The Hall–Kier alpha value is -0.440. The van der Waals surface area contributed by atoms with Crippen LogP contribution in [-0.2, 0) is 0 Å². The van der Waals surface area contributed by atoms with Gasteiger partial charge in [-0.05, 0) is 18.1 Å². The summed E-state index contributed by atoms with van der Waals surface area (Å²) in [5.74, 6) is 0.0619. The summed E-state index contributed by atoms with van der Waals surface area (Å²) in [6, 6.07) is 3.12. The van der Waals surface area contributed by atoms with Gasteiger partial charge in [-0.15, -0.1) is 0 Å². The second-order valence-electron chi connectivity index (χ2n) is 3.82. The van der Waals surface area contributed by atoms with Crippen LogP contribution in [0.25, 0.3) is 0 Å². The van der Waals surface area contributed by atoms with Gasteiger partial charge in [0.15, 0.2) is 0 Å². The molecule has 0 fully saturated rings. The molecule has 0 unspecified atom stereocenters. The maximum Gasteiger partial charge on any atom is 0.254 e. The van der Waals surface area contributed by atoms with E-state index in [0.29, 0.717) is 22.5 Å². The molecule has 0 bridgehead atoms. The van der Waals surface area contributed by atoms with Crippen LogP contribution in [0.15, 0.2) is 12.1 Å². The van der Waals surface area contributed by atoms with Gasteiger partial charge in [-0.25, -0.2) is 0 Å². The van der Waals surface area contributed by atoms with Gasteiger partial charge in [0, 0.05) is 6.54 Å². The first-order valence-electron chi connectivity index (χ1n) is 4.85. The number of nitrogens with one attached hydrogen (secondary N) is 1. The minimum Gasteiger partial charge on any atom is -0.352 e. The molecule has 0 radical (unpaired) electrons. The van der Waals surface area contributed by atoms with E-state index in [2.05, 4.69) is 5.32 Å². The van der Waals surface area contributed by atoms with Crippen LogP contribution in [0.1, 0.15) is 24.2 Å². The highest BCUT2D eigenvalue weighted by atomic mass is 35.5. The number of halogens is 3. The second-order valence-corrected chi connectivity index (χ2v) is 5.01. The molecule has 88 valence electrons. The lowest BCUT2D eigenvalue weighted by Gasteiger charge is -2.10. The van der Waals surface area contributed by atoms with Crippen LogP contribution in [0.4, 0.5) is 0 Å². The quantitative estimate of drug-likeness (QED) is 0.832. The van der Waals surface area contributed by atoms with Crippen LogP contribution in [0.5, 0.6) is 0 Å². The first-order valence-corrected chi connectivity index (χ1v) is 5.98. The van der Waals surface area contributed by atoms with Crippen molar-refractivity contribution >= 4 is 40.7 Å². The highest BCUT2D eigenvalue weighted by Gasteiger charge is 2.16. The monoisotopic (exact) mass is 279 g/mol. The Labute approximate surface area is 110 Å². The van der Waals surface area contributed by atoms with Crippen LogP contribution >= 0.6 is 34.8 Å². The molecule has 0 saturated heterocycles. The van der Waals surface area contributed by atoms with Gasteiger partial charge in [0.1, 0.15) is 0 Å². The van der Waals surface area contributed by atoms with Crippen molar-refractivity contribution in [3.63, 3.8) is 0 Å². The van der Waals surface area contributed by atoms with E-state index < -0.39 is 0 Å². The Morgan fingerprint density at radius 3 is 2.38 bits per heavy atom. The Morgan fingerprint density at radius 2 is 1.81 bits per heavy atom. The highest BCUT2D eigenvalue weighted by molar-refractivity contribution is 6.46. The van der Waals surface area contributed by atoms with Crippen molar-refractivity contribution in [2.45, 2.75) is 13.8 Å². The maximum atomic E-state index is 11.8. The van der Waals surface area contributed by atoms with Crippen molar-refractivity contribution in [1.82, 2.24) is 5.32 Å². The summed E-state index contributed by atoms with van der Waals surface area (Å²) in [7, 11) is 0. The lowest BCUT2D eigenvalue weighted by molar-refractivity contribution is 0.0949. The molecular formula is C11H12Cl3NO. The Morgan fingerprint density at radius 1 is 1.25 bits per heavy atom. The van der Waals surface area contributed by atoms with Crippen LogP contribution in [0, 0.1) is 5.92 Å². The largest absolute Gasteiger partial charge is 0.352 e. The van der Waals surface area contributed by atoms with Crippen molar-refractivity contribution in [3.05, 3.63) is 32.8 Å². The maximum absolute atomic E-state index is 11.8. The predicted octanol–water partition coefficient (Wildman–Crippen LogP) is 4.03. The van der Waals surface area contributed by atoms with Gasteiger partial charge in [0.05, 0.1) is 20.6 Å². The van der Waals surface area contributed by atoms with E-state index in [-0.39, 0.29) is 16.5 Å². The number of carbonyl (C=O) groups is 1. The standard InChI is InChI=1S/C11H12Cl3NO/c1-6(2)5-15-11(16)9-7(12)3-4-8(13)10(9)14/h3-4,6H,5H2,1-2H3,(H,15,16). The molecule has 0 heterocycles.